The number of methoxy groups -OCH3 is 1. The Balaban J connectivity index is 1.91. The zero-order valence-corrected chi connectivity index (χ0v) is 12.4. The number of hydrogen-bond donors (Lipinski definition) is 1. The number of piperidine rings is 1. The highest BCUT2D eigenvalue weighted by molar-refractivity contribution is 7.89. The number of hydrogen-bond acceptors (Lipinski definition) is 5. The van der Waals surface area contributed by atoms with Crippen LogP contribution in [-0.4, -0.2) is 44.0 Å². The van der Waals surface area contributed by atoms with Gasteiger partial charge in [-0.05, 0) is 25.0 Å². The summed E-state index contributed by atoms with van der Waals surface area (Å²) >= 11 is 0. The van der Waals surface area contributed by atoms with Crippen LogP contribution in [0.25, 0.3) is 11.1 Å². The minimum absolute atomic E-state index is 0.113. The first-order valence-corrected chi connectivity index (χ1v) is 8.10. The van der Waals surface area contributed by atoms with Crippen molar-refractivity contribution in [1.29, 1.82) is 0 Å². The molecule has 1 aliphatic rings. The number of H-pyrrole nitrogens is 1. The molecule has 0 saturated carbocycles. The van der Waals surface area contributed by atoms with E-state index in [1.807, 2.05) is 0 Å². The predicted molar refractivity (Wildman–Crippen MR) is 75.6 cm³/mol. The minimum atomic E-state index is -3.57. The number of oxazole rings is 1. The van der Waals surface area contributed by atoms with Gasteiger partial charge in [0.15, 0.2) is 5.58 Å². The molecule has 0 bridgehead atoms. The van der Waals surface area contributed by atoms with Gasteiger partial charge in [0.2, 0.25) is 10.0 Å². The molecule has 0 atom stereocenters. The van der Waals surface area contributed by atoms with E-state index >= 15 is 0 Å². The van der Waals surface area contributed by atoms with E-state index in [1.165, 1.54) is 22.5 Å². The van der Waals surface area contributed by atoms with Crippen molar-refractivity contribution in [2.24, 2.45) is 0 Å². The lowest BCUT2D eigenvalue weighted by atomic mass is 10.1. The molecule has 0 aliphatic carbocycles. The second-order valence-electron chi connectivity index (χ2n) is 5.01. The van der Waals surface area contributed by atoms with Crippen molar-refractivity contribution in [1.82, 2.24) is 9.29 Å². The molecule has 0 radical (unpaired) electrons. The normalized spacial score (nSPS) is 18.3. The molecule has 0 spiro atoms. The maximum absolute atomic E-state index is 12.6. The molecular formula is C13H16N2O5S. The lowest BCUT2D eigenvalue weighted by Gasteiger charge is -2.30. The van der Waals surface area contributed by atoms with Gasteiger partial charge in [-0.3, -0.25) is 4.98 Å². The number of aromatic amines is 1. The van der Waals surface area contributed by atoms with Crippen molar-refractivity contribution in [3.63, 3.8) is 0 Å². The SMILES string of the molecule is COC1CCN(S(=O)(=O)c2ccc3[nH]c(=O)oc3c2)CC1. The monoisotopic (exact) mass is 312 g/mol. The summed E-state index contributed by atoms with van der Waals surface area (Å²) in [6.07, 6.45) is 1.47. The number of aromatic nitrogens is 1. The van der Waals surface area contributed by atoms with Crippen LogP contribution in [0.15, 0.2) is 32.3 Å². The molecule has 2 aromatic rings. The summed E-state index contributed by atoms with van der Waals surface area (Å²) < 4.78 is 36.8. The topological polar surface area (TPSA) is 92.6 Å². The number of nitrogens with one attached hydrogen (secondary N) is 1. The van der Waals surface area contributed by atoms with Crippen LogP contribution in [0.3, 0.4) is 0 Å². The molecule has 1 N–H and O–H groups in total. The van der Waals surface area contributed by atoms with E-state index in [2.05, 4.69) is 4.98 Å². The summed E-state index contributed by atoms with van der Waals surface area (Å²) in [5.41, 5.74) is 0.727. The third-order valence-corrected chi connectivity index (χ3v) is 5.66. The fourth-order valence-electron chi connectivity index (χ4n) is 2.54. The largest absolute Gasteiger partial charge is 0.417 e. The Bertz CT molecular complexity index is 799. The molecule has 0 unspecified atom stereocenters. The molecule has 114 valence electrons. The number of nitrogens with zero attached hydrogens (tertiary/aromatic N) is 1. The van der Waals surface area contributed by atoms with Crippen LogP contribution in [0.1, 0.15) is 12.8 Å². The molecule has 1 saturated heterocycles. The molecule has 0 amide bonds. The lowest BCUT2D eigenvalue weighted by molar-refractivity contribution is 0.0604. The maximum Gasteiger partial charge on any atom is 0.417 e. The van der Waals surface area contributed by atoms with Gasteiger partial charge in [-0.15, -0.1) is 0 Å². The van der Waals surface area contributed by atoms with Crippen molar-refractivity contribution < 1.29 is 17.6 Å². The van der Waals surface area contributed by atoms with Crippen LogP contribution in [0.5, 0.6) is 0 Å². The molecule has 1 aromatic heterocycles. The first kappa shape index (κ1) is 14.3. The second-order valence-corrected chi connectivity index (χ2v) is 6.95. The number of sulfonamides is 1. The highest BCUT2D eigenvalue weighted by atomic mass is 32.2. The summed E-state index contributed by atoms with van der Waals surface area (Å²) in [4.78, 5) is 13.7. The Labute approximate surface area is 121 Å². The Morgan fingerprint density at radius 1 is 1.33 bits per heavy atom. The number of rotatable bonds is 3. The molecule has 1 fully saturated rings. The van der Waals surface area contributed by atoms with Crippen LogP contribution in [0.4, 0.5) is 0 Å². The van der Waals surface area contributed by atoms with Gasteiger partial charge >= 0.3 is 5.76 Å². The van der Waals surface area contributed by atoms with E-state index in [0.29, 0.717) is 31.4 Å². The zero-order chi connectivity index (χ0) is 15.0. The van der Waals surface area contributed by atoms with Gasteiger partial charge in [0.25, 0.3) is 0 Å². The van der Waals surface area contributed by atoms with E-state index in [1.54, 1.807) is 7.11 Å². The van der Waals surface area contributed by atoms with E-state index in [-0.39, 0.29) is 16.6 Å². The Morgan fingerprint density at radius 2 is 2.05 bits per heavy atom. The summed E-state index contributed by atoms with van der Waals surface area (Å²) in [5, 5.41) is 0. The highest BCUT2D eigenvalue weighted by Gasteiger charge is 2.29. The summed E-state index contributed by atoms with van der Waals surface area (Å²) in [7, 11) is -1.94. The first-order chi connectivity index (χ1) is 10.0. The number of benzene rings is 1. The van der Waals surface area contributed by atoms with Crippen LogP contribution in [0.2, 0.25) is 0 Å². The van der Waals surface area contributed by atoms with Gasteiger partial charge in [0, 0.05) is 26.3 Å². The number of fused-ring (bicyclic) bond motifs is 1. The summed E-state index contributed by atoms with van der Waals surface area (Å²) in [5.74, 6) is -0.597. The minimum Gasteiger partial charge on any atom is -0.408 e. The van der Waals surface area contributed by atoms with Crippen molar-refractivity contribution in [3.8, 4) is 0 Å². The fourth-order valence-corrected chi connectivity index (χ4v) is 4.03. The van der Waals surface area contributed by atoms with Gasteiger partial charge < -0.3 is 9.15 Å². The summed E-state index contributed by atoms with van der Waals surface area (Å²) in [6.45, 7) is 0.853. The molecule has 3 rings (SSSR count). The lowest BCUT2D eigenvalue weighted by Crippen LogP contribution is -2.40. The van der Waals surface area contributed by atoms with E-state index in [4.69, 9.17) is 9.15 Å². The maximum atomic E-state index is 12.6. The molecule has 21 heavy (non-hydrogen) atoms. The van der Waals surface area contributed by atoms with Crippen LogP contribution in [-0.2, 0) is 14.8 Å². The molecular weight excluding hydrogens is 296 g/mol. The van der Waals surface area contributed by atoms with E-state index < -0.39 is 15.8 Å². The second kappa shape index (κ2) is 5.28. The molecule has 1 aromatic carbocycles. The number of ether oxygens (including phenoxy) is 1. The Kier molecular flexibility index (Phi) is 3.60. The van der Waals surface area contributed by atoms with E-state index in [0.717, 1.165) is 0 Å². The van der Waals surface area contributed by atoms with Gasteiger partial charge in [-0.25, -0.2) is 13.2 Å². The van der Waals surface area contributed by atoms with Crippen LogP contribution in [0, 0.1) is 0 Å². The standard InChI is InChI=1S/C13H16N2O5S/c1-19-9-4-6-15(7-5-9)21(17,18)10-2-3-11-12(8-10)20-13(16)14-11/h2-3,8-9H,4-7H2,1H3,(H,14,16). The smallest absolute Gasteiger partial charge is 0.408 e. The average Bonchev–Trinajstić information content (AvgIpc) is 2.86. The van der Waals surface area contributed by atoms with Crippen LogP contribution < -0.4 is 5.76 Å². The highest BCUT2D eigenvalue weighted by Crippen LogP contribution is 2.24. The predicted octanol–water partition coefficient (Wildman–Crippen LogP) is 0.921. The van der Waals surface area contributed by atoms with Crippen molar-refractivity contribution in [3.05, 3.63) is 28.7 Å². The fraction of sp³-hybridized carbons (Fsp3) is 0.462. The molecule has 8 heteroatoms. The van der Waals surface area contributed by atoms with Gasteiger partial charge in [0.05, 0.1) is 16.5 Å². The van der Waals surface area contributed by atoms with E-state index in [9.17, 15) is 13.2 Å². The third-order valence-electron chi connectivity index (χ3n) is 3.76. The average molecular weight is 312 g/mol. The molecule has 7 nitrogen and oxygen atoms in total. The van der Waals surface area contributed by atoms with Gasteiger partial charge in [-0.2, -0.15) is 4.31 Å². The Morgan fingerprint density at radius 3 is 2.71 bits per heavy atom. The van der Waals surface area contributed by atoms with Gasteiger partial charge in [-0.1, -0.05) is 0 Å². The van der Waals surface area contributed by atoms with Crippen molar-refractivity contribution in [2.75, 3.05) is 20.2 Å². The third kappa shape index (κ3) is 2.61. The molecule has 2 heterocycles. The zero-order valence-electron chi connectivity index (χ0n) is 11.5. The van der Waals surface area contributed by atoms with Crippen molar-refractivity contribution in [2.45, 2.75) is 23.8 Å². The molecule has 1 aliphatic heterocycles. The first-order valence-electron chi connectivity index (χ1n) is 6.66. The quantitative estimate of drug-likeness (QED) is 0.910. The summed E-state index contributed by atoms with van der Waals surface area (Å²) in [6, 6.07) is 4.39. The van der Waals surface area contributed by atoms with Crippen molar-refractivity contribution >= 4 is 21.1 Å². The van der Waals surface area contributed by atoms with Crippen LogP contribution >= 0.6 is 0 Å². The van der Waals surface area contributed by atoms with Gasteiger partial charge in [0.1, 0.15) is 0 Å². The Hall–Kier alpha value is -1.64.